The van der Waals surface area contributed by atoms with Crippen molar-refractivity contribution in [3.05, 3.63) is 39.3 Å². The molecule has 1 saturated heterocycles. The van der Waals surface area contributed by atoms with Crippen LogP contribution in [0.3, 0.4) is 0 Å². The summed E-state index contributed by atoms with van der Waals surface area (Å²) in [6.45, 7) is 2.50. The van der Waals surface area contributed by atoms with E-state index in [0.717, 1.165) is 30.8 Å². The lowest BCUT2D eigenvalue weighted by Gasteiger charge is -2.31. The number of hydrogen-bond donors (Lipinski definition) is 2. The third-order valence-corrected chi connectivity index (χ3v) is 5.93. The highest BCUT2D eigenvalue weighted by atomic mass is 35.5. The maximum atomic E-state index is 12.4. The molecule has 29 heavy (non-hydrogen) atoms. The van der Waals surface area contributed by atoms with E-state index in [1.54, 1.807) is 36.3 Å². The minimum atomic E-state index is -0.306. The van der Waals surface area contributed by atoms with Gasteiger partial charge >= 0.3 is 6.03 Å². The number of methoxy groups -OCH3 is 1. The van der Waals surface area contributed by atoms with Crippen molar-refractivity contribution in [2.24, 2.45) is 0 Å². The summed E-state index contributed by atoms with van der Waals surface area (Å²) < 4.78 is 4.99. The van der Waals surface area contributed by atoms with Crippen molar-refractivity contribution in [2.75, 3.05) is 38.7 Å². The van der Waals surface area contributed by atoms with E-state index in [4.69, 9.17) is 16.3 Å². The number of hydrogen-bond acceptors (Lipinski definition) is 6. The van der Waals surface area contributed by atoms with Crippen LogP contribution < -0.4 is 10.6 Å². The Bertz CT molecular complexity index is 830. The standard InChI is InChI=1S/C19H24ClN5O3S/c1-28-11-3-9-21-19(27)25-10-2-4-13(12-25)17-23-24-18(29-17)16(26)22-15-7-5-14(20)6-8-15/h5-8,13H,2-4,9-12H2,1H3,(H,21,27)(H,22,26)/t13-/m1/s1. The Hall–Kier alpha value is -2.23. The van der Waals surface area contributed by atoms with Crippen LogP contribution in [0.25, 0.3) is 0 Å². The molecule has 2 aromatic rings. The van der Waals surface area contributed by atoms with Crippen LogP contribution in [0.1, 0.15) is 40.0 Å². The van der Waals surface area contributed by atoms with Gasteiger partial charge in [-0.2, -0.15) is 0 Å². The summed E-state index contributed by atoms with van der Waals surface area (Å²) in [6.07, 6.45) is 2.59. The number of aromatic nitrogens is 2. The van der Waals surface area contributed by atoms with Crippen molar-refractivity contribution in [3.8, 4) is 0 Å². The molecular formula is C19H24ClN5O3S. The van der Waals surface area contributed by atoms with Crippen molar-refractivity contribution in [1.29, 1.82) is 0 Å². The first kappa shape index (κ1) is 21.5. The molecule has 10 heteroatoms. The fourth-order valence-corrected chi connectivity index (χ4v) is 4.09. The summed E-state index contributed by atoms with van der Waals surface area (Å²) in [7, 11) is 1.64. The molecule has 0 bridgehead atoms. The molecule has 3 amide bonds. The van der Waals surface area contributed by atoms with Gasteiger partial charge in [-0.1, -0.05) is 22.9 Å². The van der Waals surface area contributed by atoms with E-state index in [-0.39, 0.29) is 17.9 Å². The fourth-order valence-electron chi connectivity index (χ4n) is 3.10. The highest BCUT2D eigenvalue weighted by Crippen LogP contribution is 2.29. The molecule has 0 radical (unpaired) electrons. The molecule has 156 valence electrons. The van der Waals surface area contributed by atoms with Gasteiger partial charge in [0.15, 0.2) is 0 Å². The van der Waals surface area contributed by atoms with Crippen LogP contribution >= 0.6 is 22.9 Å². The minimum Gasteiger partial charge on any atom is -0.385 e. The van der Waals surface area contributed by atoms with Crippen molar-refractivity contribution >= 4 is 40.6 Å². The van der Waals surface area contributed by atoms with E-state index in [2.05, 4.69) is 20.8 Å². The number of anilines is 1. The Morgan fingerprint density at radius 2 is 2.10 bits per heavy atom. The van der Waals surface area contributed by atoms with Crippen LogP contribution in [-0.2, 0) is 4.74 Å². The maximum absolute atomic E-state index is 12.4. The van der Waals surface area contributed by atoms with Gasteiger partial charge in [0.1, 0.15) is 5.01 Å². The van der Waals surface area contributed by atoms with Gasteiger partial charge in [0.05, 0.1) is 0 Å². The largest absolute Gasteiger partial charge is 0.385 e. The van der Waals surface area contributed by atoms with Crippen LogP contribution in [0.15, 0.2) is 24.3 Å². The van der Waals surface area contributed by atoms with Gasteiger partial charge in [0, 0.05) is 50.0 Å². The number of benzene rings is 1. The second kappa shape index (κ2) is 10.5. The first-order chi connectivity index (χ1) is 14.1. The van der Waals surface area contributed by atoms with Crippen molar-refractivity contribution in [2.45, 2.75) is 25.2 Å². The average Bonchev–Trinajstić information content (AvgIpc) is 3.23. The predicted octanol–water partition coefficient (Wildman–Crippen LogP) is 3.37. The van der Waals surface area contributed by atoms with Gasteiger partial charge in [-0.3, -0.25) is 4.79 Å². The second-order valence-electron chi connectivity index (χ2n) is 6.77. The Balaban J connectivity index is 1.55. The molecule has 8 nitrogen and oxygen atoms in total. The average molecular weight is 438 g/mol. The summed E-state index contributed by atoms with van der Waals surface area (Å²) in [5.41, 5.74) is 0.644. The molecule has 0 aliphatic carbocycles. The van der Waals surface area contributed by atoms with E-state index >= 15 is 0 Å². The van der Waals surface area contributed by atoms with Crippen LogP contribution in [-0.4, -0.2) is 60.4 Å². The second-order valence-corrected chi connectivity index (χ2v) is 8.22. The number of halogens is 1. The van der Waals surface area contributed by atoms with Gasteiger partial charge in [-0.25, -0.2) is 4.79 Å². The van der Waals surface area contributed by atoms with Crippen molar-refractivity contribution < 1.29 is 14.3 Å². The number of amides is 3. The Kier molecular flexibility index (Phi) is 7.79. The minimum absolute atomic E-state index is 0.0731. The van der Waals surface area contributed by atoms with E-state index < -0.39 is 0 Å². The highest BCUT2D eigenvalue weighted by molar-refractivity contribution is 7.13. The maximum Gasteiger partial charge on any atom is 0.317 e. The first-order valence-electron chi connectivity index (χ1n) is 9.49. The molecule has 1 fully saturated rings. The molecule has 1 aliphatic heterocycles. The lowest BCUT2D eigenvalue weighted by molar-refractivity contribution is 0.102. The molecule has 2 heterocycles. The normalized spacial score (nSPS) is 16.5. The third-order valence-electron chi connectivity index (χ3n) is 4.60. The SMILES string of the molecule is COCCCNC(=O)N1CCC[C@@H](c2nnc(C(=O)Nc3ccc(Cl)cc3)s2)C1. The smallest absolute Gasteiger partial charge is 0.317 e. The Morgan fingerprint density at radius 3 is 2.86 bits per heavy atom. The van der Waals surface area contributed by atoms with E-state index in [0.29, 0.717) is 35.4 Å². The van der Waals surface area contributed by atoms with Gasteiger partial charge in [-0.15, -0.1) is 10.2 Å². The Morgan fingerprint density at radius 1 is 1.31 bits per heavy atom. The summed E-state index contributed by atoms with van der Waals surface area (Å²) >= 11 is 7.13. The summed E-state index contributed by atoms with van der Waals surface area (Å²) in [5, 5.41) is 15.6. The third kappa shape index (κ3) is 6.12. The fraction of sp³-hybridized carbons (Fsp3) is 0.474. The number of rotatable bonds is 7. The zero-order valence-electron chi connectivity index (χ0n) is 16.2. The molecule has 1 atom stereocenters. The van der Waals surface area contributed by atoms with Crippen molar-refractivity contribution in [1.82, 2.24) is 20.4 Å². The van der Waals surface area contributed by atoms with Crippen LogP contribution in [0.2, 0.25) is 5.02 Å². The number of ether oxygens (including phenoxy) is 1. The van der Waals surface area contributed by atoms with Gasteiger partial charge < -0.3 is 20.3 Å². The van der Waals surface area contributed by atoms with E-state index in [1.807, 2.05) is 0 Å². The molecule has 1 aliphatic rings. The number of piperidine rings is 1. The Labute approximate surface area is 178 Å². The quantitative estimate of drug-likeness (QED) is 0.647. The van der Waals surface area contributed by atoms with Gasteiger partial charge in [0.25, 0.3) is 5.91 Å². The number of carbonyl (C=O) groups excluding carboxylic acids is 2. The zero-order valence-corrected chi connectivity index (χ0v) is 17.8. The number of nitrogens with one attached hydrogen (secondary N) is 2. The predicted molar refractivity (Wildman–Crippen MR) is 113 cm³/mol. The molecular weight excluding hydrogens is 414 g/mol. The van der Waals surface area contributed by atoms with Crippen molar-refractivity contribution in [3.63, 3.8) is 0 Å². The molecule has 0 unspecified atom stereocenters. The first-order valence-corrected chi connectivity index (χ1v) is 10.7. The number of carbonyl (C=O) groups is 2. The number of nitrogens with zero attached hydrogens (tertiary/aromatic N) is 3. The molecule has 0 saturated carbocycles. The molecule has 1 aromatic heterocycles. The molecule has 0 spiro atoms. The highest BCUT2D eigenvalue weighted by Gasteiger charge is 2.28. The monoisotopic (exact) mass is 437 g/mol. The lowest BCUT2D eigenvalue weighted by Crippen LogP contribution is -2.45. The lowest BCUT2D eigenvalue weighted by atomic mass is 9.99. The van der Waals surface area contributed by atoms with Gasteiger partial charge in [-0.05, 0) is 43.5 Å². The van der Waals surface area contributed by atoms with Crippen LogP contribution in [0, 0.1) is 0 Å². The number of urea groups is 1. The van der Waals surface area contributed by atoms with Crippen LogP contribution in [0.4, 0.5) is 10.5 Å². The summed E-state index contributed by atoms with van der Waals surface area (Å²) in [6, 6.07) is 6.80. The van der Waals surface area contributed by atoms with Gasteiger partial charge in [0.2, 0.25) is 5.01 Å². The van der Waals surface area contributed by atoms with E-state index in [1.165, 1.54) is 11.3 Å². The molecule has 3 rings (SSSR count). The molecule has 1 aromatic carbocycles. The summed E-state index contributed by atoms with van der Waals surface area (Å²) in [4.78, 5) is 26.6. The van der Waals surface area contributed by atoms with Crippen LogP contribution in [0.5, 0.6) is 0 Å². The molecule has 2 N–H and O–H groups in total. The van der Waals surface area contributed by atoms with E-state index in [9.17, 15) is 9.59 Å². The zero-order chi connectivity index (χ0) is 20.6. The topological polar surface area (TPSA) is 96.4 Å². The number of likely N-dealkylation sites (tertiary alicyclic amines) is 1. The summed E-state index contributed by atoms with van der Waals surface area (Å²) in [5.74, 6) is -0.220.